The van der Waals surface area contributed by atoms with Crippen molar-refractivity contribution in [3.8, 4) is 28.6 Å². The number of rotatable bonds is 2. The van der Waals surface area contributed by atoms with Crippen LogP contribution in [0.25, 0.3) is 33.7 Å². The standard InChI is InChI=1S/C23H16ClN5O2S/c1-12-14(11-25)3-2-4-16(12)21-20(27-18-5-6-19(30)28-23(18)29-21)15-9-13-7-8-26-32(31)22(13)17(24)10-15/h2-6,9-10,26H,7-8H2,1H3,(H,28,29,30). The molecule has 0 spiro atoms. The lowest BCUT2D eigenvalue weighted by molar-refractivity contribution is 0.663. The second-order valence-corrected chi connectivity index (χ2v) is 9.07. The predicted octanol–water partition coefficient (Wildman–Crippen LogP) is 3.65. The van der Waals surface area contributed by atoms with Crippen LogP contribution >= 0.6 is 11.6 Å². The lowest BCUT2D eigenvalue weighted by Gasteiger charge is -2.19. The molecule has 1 aliphatic rings. The number of nitrogens with one attached hydrogen (secondary N) is 2. The molecule has 0 amide bonds. The van der Waals surface area contributed by atoms with E-state index in [0.717, 1.165) is 22.3 Å². The van der Waals surface area contributed by atoms with Gasteiger partial charge in [-0.15, -0.1) is 0 Å². The van der Waals surface area contributed by atoms with Crippen molar-refractivity contribution < 1.29 is 4.21 Å². The number of aromatic amines is 1. The van der Waals surface area contributed by atoms with Gasteiger partial charge in [0.05, 0.1) is 32.9 Å². The van der Waals surface area contributed by atoms with E-state index in [2.05, 4.69) is 15.8 Å². The molecule has 2 aromatic heterocycles. The Hall–Kier alpha value is -3.38. The summed E-state index contributed by atoms with van der Waals surface area (Å²) in [6, 6.07) is 14.3. The van der Waals surface area contributed by atoms with E-state index in [0.29, 0.717) is 51.0 Å². The first-order valence-electron chi connectivity index (χ1n) is 9.85. The number of halogens is 1. The van der Waals surface area contributed by atoms with Crippen molar-refractivity contribution in [2.75, 3.05) is 6.54 Å². The van der Waals surface area contributed by atoms with Crippen LogP contribution in [0.2, 0.25) is 5.02 Å². The fourth-order valence-corrected chi connectivity index (χ4v) is 5.42. The minimum absolute atomic E-state index is 0.278. The molecule has 1 aliphatic heterocycles. The molecule has 0 saturated carbocycles. The molecule has 32 heavy (non-hydrogen) atoms. The van der Waals surface area contributed by atoms with Crippen LogP contribution < -0.4 is 10.3 Å². The summed E-state index contributed by atoms with van der Waals surface area (Å²) in [5.74, 6) is 0. The summed E-state index contributed by atoms with van der Waals surface area (Å²) in [7, 11) is -1.36. The van der Waals surface area contributed by atoms with Gasteiger partial charge in [-0.05, 0) is 48.7 Å². The van der Waals surface area contributed by atoms with E-state index < -0.39 is 11.0 Å². The second-order valence-electron chi connectivity index (χ2n) is 7.43. The predicted molar refractivity (Wildman–Crippen MR) is 124 cm³/mol. The van der Waals surface area contributed by atoms with Crippen LogP contribution in [0, 0.1) is 18.3 Å². The Morgan fingerprint density at radius 1 is 1.16 bits per heavy atom. The third-order valence-electron chi connectivity index (χ3n) is 5.47. The van der Waals surface area contributed by atoms with Gasteiger partial charge in [0.15, 0.2) is 5.65 Å². The van der Waals surface area contributed by atoms with Gasteiger partial charge in [0.25, 0.3) is 0 Å². The molecule has 0 saturated heterocycles. The molecule has 0 aliphatic carbocycles. The third-order valence-corrected chi connectivity index (χ3v) is 7.20. The average Bonchev–Trinajstić information content (AvgIpc) is 2.78. The van der Waals surface area contributed by atoms with E-state index in [-0.39, 0.29) is 5.56 Å². The monoisotopic (exact) mass is 461 g/mol. The molecular formula is C23H16ClN5O2S. The van der Waals surface area contributed by atoms with Crippen LogP contribution in [0.1, 0.15) is 16.7 Å². The van der Waals surface area contributed by atoms with Crippen LogP contribution in [-0.2, 0) is 17.4 Å². The molecule has 0 radical (unpaired) electrons. The van der Waals surface area contributed by atoms with Crippen LogP contribution in [-0.4, -0.2) is 25.7 Å². The van der Waals surface area contributed by atoms with E-state index in [9.17, 15) is 14.3 Å². The molecule has 5 rings (SSSR count). The number of pyridine rings is 1. The van der Waals surface area contributed by atoms with Gasteiger partial charge in [0.1, 0.15) is 16.5 Å². The summed E-state index contributed by atoms with van der Waals surface area (Å²) >= 11 is 6.54. The summed E-state index contributed by atoms with van der Waals surface area (Å²) in [5.41, 5.74) is 5.34. The van der Waals surface area contributed by atoms with Crippen molar-refractivity contribution in [1.29, 1.82) is 5.26 Å². The molecular weight excluding hydrogens is 446 g/mol. The molecule has 9 heteroatoms. The molecule has 4 aromatic rings. The van der Waals surface area contributed by atoms with Gasteiger partial charge in [0.2, 0.25) is 5.56 Å². The Morgan fingerprint density at radius 3 is 2.81 bits per heavy atom. The van der Waals surface area contributed by atoms with Crippen LogP contribution in [0.5, 0.6) is 0 Å². The minimum atomic E-state index is -1.36. The Balaban J connectivity index is 1.84. The summed E-state index contributed by atoms with van der Waals surface area (Å²) in [6.07, 6.45) is 0.682. The van der Waals surface area contributed by atoms with E-state index in [1.54, 1.807) is 24.3 Å². The molecule has 3 heterocycles. The largest absolute Gasteiger partial charge is 0.305 e. The lowest BCUT2D eigenvalue weighted by atomic mass is 9.96. The van der Waals surface area contributed by atoms with Gasteiger partial charge < -0.3 is 4.98 Å². The molecule has 2 N–H and O–H groups in total. The first-order chi connectivity index (χ1) is 15.5. The number of hydrogen-bond donors (Lipinski definition) is 2. The Morgan fingerprint density at radius 2 is 2.00 bits per heavy atom. The maximum Gasteiger partial charge on any atom is 0.249 e. The smallest absolute Gasteiger partial charge is 0.249 e. The summed E-state index contributed by atoms with van der Waals surface area (Å²) < 4.78 is 15.3. The van der Waals surface area contributed by atoms with E-state index >= 15 is 0 Å². The number of aromatic nitrogens is 3. The van der Waals surface area contributed by atoms with E-state index in [1.165, 1.54) is 6.07 Å². The average molecular weight is 462 g/mol. The van der Waals surface area contributed by atoms with Gasteiger partial charge in [0, 0.05) is 23.7 Å². The zero-order chi connectivity index (χ0) is 22.4. The van der Waals surface area contributed by atoms with Crippen molar-refractivity contribution in [2.45, 2.75) is 18.2 Å². The molecule has 1 atom stereocenters. The molecule has 0 fully saturated rings. The first kappa shape index (κ1) is 20.5. The normalized spacial score (nSPS) is 15.3. The lowest BCUT2D eigenvalue weighted by Crippen LogP contribution is -2.26. The van der Waals surface area contributed by atoms with Crippen LogP contribution in [0.3, 0.4) is 0 Å². The summed E-state index contributed by atoms with van der Waals surface area (Å²) in [6.45, 7) is 2.44. The number of hydrogen-bond acceptors (Lipinski definition) is 5. The van der Waals surface area contributed by atoms with Crippen molar-refractivity contribution >= 4 is 33.8 Å². The molecule has 7 nitrogen and oxygen atoms in total. The topological polar surface area (TPSA) is 112 Å². The van der Waals surface area contributed by atoms with Gasteiger partial charge >= 0.3 is 0 Å². The Bertz CT molecular complexity index is 1540. The quantitative estimate of drug-likeness (QED) is 0.473. The summed E-state index contributed by atoms with van der Waals surface area (Å²) in [5, 5.41) is 9.88. The summed E-state index contributed by atoms with van der Waals surface area (Å²) in [4.78, 5) is 24.7. The zero-order valence-electron chi connectivity index (χ0n) is 16.9. The Kier molecular flexibility index (Phi) is 5.10. The van der Waals surface area contributed by atoms with Gasteiger partial charge in [-0.3, -0.25) is 4.79 Å². The van der Waals surface area contributed by atoms with E-state index in [1.807, 2.05) is 19.1 Å². The molecule has 1 unspecified atom stereocenters. The van der Waals surface area contributed by atoms with Gasteiger partial charge in [-0.1, -0.05) is 23.7 Å². The highest BCUT2D eigenvalue weighted by atomic mass is 35.5. The van der Waals surface area contributed by atoms with Gasteiger partial charge in [-0.25, -0.2) is 18.9 Å². The third kappa shape index (κ3) is 3.41. The number of fused-ring (bicyclic) bond motifs is 2. The number of nitriles is 1. The molecule has 2 aromatic carbocycles. The SMILES string of the molecule is Cc1c(C#N)cccc1-c1nc2[nH]c(=O)ccc2nc1-c1cc(Cl)c2c(c1)CCNS2=O. The highest BCUT2D eigenvalue weighted by Crippen LogP contribution is 2.37. The maximum absolute atomic E-state index is 12.4. The highest BCUT2D eigenvalue weighted by molar-refractivity contribution is 7.83. The maximum atomic E-state index is 12.4. The van der Waals surface area contributed by atoms with Crippen molar-refractivity contribution in [2.24, 2.45) is 0 Å². The fourth-order valence-electron chi connectivity index (χ4n) is 3.90. The van der Waals surface area contributed by atoms with Crippen molar-refractivity contribution in [3.05, 3.63) is 74.5 Å². The fraction of sp³-hybridized carbons (Fsp3) is 0.130. The minimum Gasteiger partial charge on any atom is -0.305 e. The highest BCUT2D eigenvalue weighted by Gasteiger charge is 2.23. The first-order valence-corrected chi connectivity index (χ1v) is 11.4. The number of nitrogens with zero attached hydrogens (tertiary/aromatic N) is 3. The van der Waals surface area contributed by atoms with Crippen LogP contribution in [0.15, 0.2) is 52.2 Å². The van der Waals surface area contributed by atoms with Gasteiger partial charge in [-0.2, -0.15) is 5.26 Å². The zero-order valence-corrected chi connectivity index (χ0v) is 18.5. The number of benzene rings is 2. The molecule has 158 valence electrons. The van der Waals surface area contributed by atoms with Crippen molar-refractivity contribution in [3.63, 3.8) is 0 Å². The number of H-pyrrole nitrogens is 1. The Labute approximate surface area is 190 Å². The second kappa shape index (κ2) is 7.95. The van der Waals surface area contributed by atoms with Crippen LogP contribution in [0.4, 0.5) is 0 Å². The van der Waals surface area contributed by atoms with Crippen molar-refractivity contribution in [1.82, 2.24) is 19.7 Å². The molecule has 0 bridgehead atoms. The van der Waals surface area contributed by atoms with E-state index in [4.69, 9.17) is 21.6 Å².